The quantitative estimate of drug-likeness (QED) is 0.263. The first kappa shape index (κ1) is 22.9. The average molecular weight is 477 g/mol. The van der Waals surface area contributed by atoms with Gasteiger partial charge in [0.05, 0.1) is 36.0 Å². The SMILES string of the molecule is COC(=O)C=C1SC(=Nc2cccc(OC)c2)N(C(N)=Nc2nc(C)c3ccccc3n2)C1=O. The van der Waals surface area contributed by atoms with Gasteiger partial charge in [0.15, 0.2) is 5.17 Å². The number of aliphatic imine (C=N–C) groups is 2. The summed E-state index contributed by atoms with van der Waals surface area (Å²) in [5.74, 6) is -0.757. The van der Waals surface area contributed by atoms with Gasteiger partial charge in [0.25, 0.3) is 11.9 Å². The van der Waals surface area contributed by atoms with E-state index in [9.17, 15) is 9.59 Å². The normalized spacial score (nSPS) is 16.5. The maximum Gasteiger partial charge on any atom is 0.331 e. The van der Waals surface area contributed by atoms with Crippen LogP contribution < -0.4 is 10.5 Å². The Labute approximate surface area is 199 Å². The van der Waals surface area contributed by atoms with Gasteiger partial charge in [-0.05, 0) is 36.9 Å². The summed E-state index contributed by atoms with van der Waals surface area (Å²) in [6.45, 7) is 1.84. The van der Waals surface area contributed by atoms with Crippen LogP contribution in [-0.4, -0.2) is 52.1 Å². The number of amides is 1. The molecule has 0 atom stereocenters. The predicted octanol–water partition coefficient (Wildman–Crippen LogP) is 3.21. The molecule has 3 aromatic rings. The number of nitrogens with zero attached hydrogens (tertiary/aromatic N) is 5. The molecule has 1 aliphatic heterocycles. The summed E-state index contributed by atoms with van der Waals surface area (Å²) in [4.78, 5) is 43.7. The van der Waals surface area contributed by atoms with Gasteiger partial charge >= 0.3 is 5.97 Å². The van der Waals surface area contributed by atoms with E-state index >= 15 is 0 Å². The number of hydrogen-bond acceptors (Lipinski definition) is 9. The summed E-state index contributed by atoms with van der Waals surface area (Å²) in [6.07, 6.45) is 1.08. The first-order chi connectivity index (χ1) is 16.4. The molecule has 0 radical (unpaired) electrons. The van der Waals surface area contributed by atoms with Gasteiger partial charge in [0, 0.05) is 17.5 Å². The van der Waals surface area contributed by atoms with Crippen molar-refractivity contribution in [1.82, 2.24) is 14.9 Å². The number of ether oxygens (including phenoxy) is 2. The molecule has 1 aromatic heterocycles. The third kappa shape index (κ3) is 4.74. The lowest BCUT2D eigenvalue weighted by Gasteiger charge is -2.14. The summed E-state index contributed by atoms with van der Waals surface area (Å²) in [5, 5.41) is 1.09. The molecule has 1 amide bonds. The molecule has 34 heavy (non-hydrogen) atoms. The van der Waals surface area contributed by atoms with Crippen LogP contribution in [-0.2, 0) is 14.3 Å². The fourth-order valence-electron chi connectivity index (χ4n) is 3.13. The van der Waals surface area contributed by atoms with Crippen molar-refractivity contribution < 1.29 is 19.1 Å². The number of rotatable bonds is 4. The van der Waals surface area contributed by atoms with Crippen molar-refractivity contribution in [2.75, 3.05) is 14.2 Å². The lowest BCUT2D eigenvalue weighted by molar-refractivity contribution is -0.135. The summed E-state index contributed by atoms with van der Waals surface area (Å²) >= 11 is 0.968. The molecule has 1 aliphatic rings. The van der Waals surface area contributed by atoms with Crippen LogP contribution in [0.2, 0.25) is 0 Å². The number of hydrogen-bond donors (Lipinski definition) is 1. The molecule has 1 saturated heterocycles. The molecule has 4 rings (SSSR count). The van der Waals surface area contributed by atoms with E-state index in [-0.39, 0.29) is 22.0 Å². The molecule has 2 N–H and O–H groups in total. The number of thioether (sulfide) groups is 1. The molecule has 2 aromatic carbocycles. The van der Waals surface area contributed by atoms with Crippen LogP contribution in [0.1, 0.15) is 5.69 Å². The summed E-state index contributed by atoms with van der Waals surface area (Å²) in [6, 6.07) is 14.5. The average Bonchev–Trinajstić information content (AvgIpc) is 3.13. The Morgan fingerprint density at radius 3 is 2.71 bits per heavy atom. The Morgan fingerprint density at radius 1 is 1.15 bits per heavy atom. The molecule has 0 saturated carbocycles. The van der Waals surface area contributed by atoms with E-state index in [1.807, 2.05) is 31.2 Å². The molecule has 0 unspecified atom stereocenters. The Kier molecular flexibility index (Phi) is 6.55. The van der Waals surface area contributed by atoms with E-state index in [0.717, 1.165) is 33.8 Å². The zero-order valence-electron chi connectivity index (χ0n) is 18.6. The van der Waals surface area contributed by atoms with Gasteiger partial charge in [-0.2, -0.15) is 4.99 Å². The van der Waals surface area contributed by atoms with Crippen LogP contribution in [0, 0.1) is 6.92 Å². The summed E-state index contributed by atoms with van der Waals surface area (Å²) in [7, 11) is 2.77. The number of aryl methyl sites for hydroxylation is 1. The number of carbonyl (C=O) groups excluding carboxylic acids is 2. The van der Waals surface area contributed by atoms with Crippen molar-refractivity contribution in [3.05, 3.63) is 65.2 Å². The molecule has 0 aliphatic carbocycles. The third-order valence-electron chi connectivity index (χ3n) is 4.76. The molecular weight excluding hydrogens is 456 g/mol. The lowest BCUT2D eigenvalue weighted by atomic mass is 10.2. The second-order valence-electron chi connectivity index (χ2n) is 6.97. The minimum Gasteiger partial charge on any atom is -0.497 e. The van der Waals surface area contributed by atoms with Gasteiger partial charge in [-0.3, -0.25) is 4.79 Å². The summed E-state index contributed by atoms with van der Waals surface area (Å²) in [5.41, 5.74) is 8.17. The summed E-state index contributed by atoms with van der Waals surface area (Å²) < 4.78 is 9.89. The maximum atomic E-state index is 13.1. The minimum absolute atomic E-state index is 0.0854. The number of fused-ring (bicyclic) bond motifs is 1. The highest BCUT2D eigenvalue weighted by molar-refractivity contribution is 8.18. The number of para-hydroxylation sites is 1. The third-order valence-corrected chi connectivity index (χ3v) is 5.73. The largest absolute Gasteiger partial charge is 0.497 e. The zero-order chi connectivity index (χ0) is 24.2. The van der Waals surface area contributed by atoms with E-state index in [4.69, 9.17) is 10.5 Å². The second kappa shape index (κ2) is 9.71. The van der Waals surface area contributed by atoms with Crippen molar-refractivity contribution in [3.63, 3.8) is 0 Å². The molecular formula is C23H20N6O4S. The van der Waals surface area contributed by atoms with Crippen molar-refractivity contribution in [2.45, 2.75) is 6.92 Å². The molecule has 2 heterocycles. The zero-order valence-corrected chi connectivity index (χ0v) is 19.4. The van der Waals surface area contributed by atoms with E-state index < -0.39 is 11.9 Å². The van der Waals surface area contributed by atoms with Gasteiger partial charge in [-0.15, -0.1) is 0 Å². The molecule has 172 valence electrons. The van der Waals surface area contributed by atoms with Crippen LogP contribution >= 0.6 is 11.8 Å². The molecule has 11 heteroatoms. The molecule has 10 nitrogen and oxygen atoms in total. The first-order valence-corrected chi connectivity index (χ1v) is 10.8. The number of benzene rings is 2. The highest BCUT2D eigenvalue weighted by Crippen LogP contribution is 2.33. The highest BCUT2D eigenvalue weighted by atomic mass is 32.2. The molecule has 1 fully saturated rings. The van der Waals surface area contributed by atoms with Crippen LogP contribution in [0.3, 0.4) is 0 Å². The standard InChI is InChI=1S/C23H20N6O4S/c1-13-16-9-4-5-10-17(16)27-22(25-13)28-21(24)29-20(31)18(12-19(30)33-3)34-23(29)26-14-7-6-8-15(11-14)32-2/h4-12H,1-3H3,(H2,24,25,27,28). The van der Waals surface area contributed by atoms with E-state index in [1.54, 1.807) is 31.4 Å². The van der Waals surface area contributed by atoms with Crippen LogP contribution in [0.15, 0.2) is 69.5 Å². The van der Waals surface area contributed by atoms with Crippen LogP contribution in [0.5, 0.6) is 5.75 Å². The maximum absolute atomic E-state index is 13.1. The fraction of sp³-hybridized carbons (Fsp3) is 0.130. The van der Waals surface area contributed by atoms with Gasteiger partial charge in [-0.25, -0.2) is 24.7 Å². The lowest BCUT2D eigenvalue weighted by Crippen LogP contribution is -2.41. The molecule has 0 bridgehead atoms. The number of carbonyl (C=O) groups is 2. The Balaban J connectivity index is 1.78. The van der Waals surface area contributed by atoms with E-state index in [0.29, 0.717) is 17.0 Å². The minimum atomic E-state index is -0.678. The topological polar surface area (TPSA) is 132 Å². The number of methoxy groups -OCH3 is 2. The number of guanidine groups is 1. The van der Waals surface area contributed by atoms with Gasteiger partial charge in [0.2, 0.25) is 5.96 Å². The number of amidine groups is 1. The van der Waals surface area contributed by atoms with Crippen molar-refractivity contribution >= 4 is 57.3 Å². The number of esters is 1. The van der Waals surface area contributed by atoms with Gasteiger partial charge in [-0.1, -0.05) is 24.3 Å². The van der Waals surface area contributed by atoms with Gasteiger partial charge in [0.1, 0.15) is 5.75 Å². The number of aromatic nitrogens is 2. The monoisotopic (exact) mass is 476 g/mol. The van der Waals surface area contributed by atoms with Crippen molar-refractivity contribution in [1.29, 1.82) is 0 Å². The molecule has 0 spiro atoms. The fourth-order valence-corrected chi connectivity index (χ4v) is 4.08. The van der Waals surface area contributed by atoms with Crippen LogP contribution in [0.25, 0.3) is 10.9 Å². The van der Waals surface area contributed by atoms with Crippen molar-refractivity contribution in [3.8, 4) is 5.75 Å². The van der Waals surface area contributed by atoms with E-state index in [2.05, 4.69) is 24.7 Å². The second-order valence-corrected chi connectivity index (χ2v) is 7.98. The number of nitrogens with two attached hydrogens (primary N) is 1. The Hall–Kier alpha value is -4.25. The van der Waals surface area contributed by atoms with Crippen LogP contribution in [0.4, 0.5) is 11.6 Å². The van der Waals surface area contributed by atoms with Gasteiger partial charge < -0.3 is 15.2 Å². The Morgan fingerprint density at radius 2 is 1.94 bits per heavy atom. The first-order valence-electron chi connectivity index (χ1n) is 10.0. The Bertz CT molecular complexity index is 1380. The predicted molar refractivity (Wildman–Crippen MR) is 130 cm³/mol. The smallest absolute Gasteiger partial charge is 0.331 e. The van der Waals surface area contributed by atoms with E-state index in [1.165, 1.54) is 7.11 Å². The highest BCUT2D eigenvalue weighted by Gasteiger charge is 2.37. The van der Waals surface area contributed by atoms with Crippen molar-refractivity contribution in [2.24, 2.45) is 15.7 Å².